The van der Waals surface area contributed by atoms with Gasteiger partial charge in [-0.15, -0.1) is 0 Å². The second-order valence-corrected chi connectivity index (χ2v) is 5.64. The molecule has 0 amide bonds. The second-order valence-electron chi connectivity index (χ2n) is 3.50. The maximum atomic E-state index is 12.1. The van der Waals surface area contributed by atoms with E-state index in [9.17, 15) is 8.42 Å². The molecule has 1 aliphatic heterocycles. The second kappa shape index (κ2) is 4.30. The molecule has 15 heavy (non-hydrogen) atoms. The number of nitrogens with one attached hydrogen (secondary N) is 2. The summed E-state index contributed by atoms with van der Waals surface area (Å²) in [5.74, 6) is 0. The minimum atomic E-state index is -3.24. The Kier molecular flexibility index (Phi) is 3.04. The van der Waals surface area contributed by atoms with Gasteiger partial charge in [0.15, 0.2) is 9.84 Å². The van der Waals surface area contributed by atoms with Crippen molar-refractivity contribution in [1.29, 1.82) is 0 Å². The van der Waals surface area contributed by atoms with Gasteiger partial charge in [0.25, 0.3) is 0 Å². The SMILES string of the molecule is O=S(=O)(c1ccccc1)C1CNCCN1. The summed E-state index contributed by atoms with van der Waals surface area (Å²) in [5, 5.41) is 5.57. The van der Waals surface area contributed by atoms with Crippen LogP contribution in [0.2, 0.25) is 0 Å². The molecule has 4 nitrogen and oxygen atoms in total. The molecule has 0 spiro atoms. The molecule has 1 atom stereocenters. The highest BCUT2D eigenvalue weighted by atomic mass is 32.2. The van der Waals surface area contributed by atoms with Crippen LogP contribution in [-0.2, 0) is 9.84 Å². The molecular formula is C10H14N2O2S. The Labute approximate surface area is 89.6 Å². The average molecular weight is 226 g/mol. The largest absolute Gasteiger partial charge is 0.313 e. The molecule has 1 aliphatic rings. The van der Waals surface area contributed by atoms with E-state index < -0.39 is 15.2 Å². The van der Waals surface area contributed by atoms with Crippen LogP contribution in [0.5, 0.6) is 0 Å². The fourth-order valence-corrected chi connectivity index (χ4v) is 3.16. The van der Waals surface area contributed by atoms with Crippen LogP contribution in [0.3, 0.4) is 0 Å². The van der Waals surface area contributed by atoms with Crippen molar-refractivity contribution in [3.8, 4) is 0 Å². The van der Waals surface area contributed by atoms with E-state index in [4.69, 9.17) is 0 Å². The van der Waals surface area contributed by atoms with Gasteiger partial charge in [-0.3, -0.25) is 5.32 Å². The molecule has 5 heteroatoms. The smallest absolute Gasteiger partial charge is 0.195 e. The van der Waals surface area contributed by atoms with Gasteiger partial charge >= 0.3 is 0 Å². The van der Waals surface area contributed by atoms with Gasteiger partial charge in [0.05, 0.1) is 4.90 Å². The summed E-state index contributed by atoms with van der Waals surface area (Å²) in [7, 11) is -3.24. The maximum Gasteiger partial charge on any atom is 0.195 e. The van der Waals surface area contributed by atoms with Gasteiger partial charge < -0.3 is 5.32 Å². The van der Waals surface area contributed by atoms with E-state index in [1.54, 1.807) is 24.3 Å². The van der Waals surface area contributed by atoms with Crippen molar-refractivity contribution in [2.75, 3.05) is 19.6 Å². The van der Waals surface area contributed by atoms with E-state index >= 15 is 0 Å². The first-order chi connectivity index (χ1) is 7.21. The third-order valence-electron chi connectivity index (χ3n) is 2.45. The minimum absolute atomic E-state index is 0.381. The summed E-state index contributed by atoms with van der Waals surface area (Å²) < 4.78 is 24.2. The highest BCUT2D eigenvalue weighted by Crippen LogP contribution is 2.14. The Morgan fingerprint density at radius 1 is 1.13 bits per heavy atom. The Morgan fingerprint density at radius 3 is 2.47 bits per heavy atom. The molecule has 1 aromatic rings. The highest BCUT2D eigenvalue weighted by Gasteiger charge is 2.28. The monoisotopic (exact) mass is 226 g/mol. The lowest BCUT2D eigenvalue weighted by atomic mass is 10.4. The normalized spacial score (nSPS) is 22.5. The summed E-state index contributed by atoms with van der Waals surface area (Å²) in [4.78, 5) is 0.381. The van der Waals surface area contributed by atoms with Gasteiger partial charge in [0.2, 0.25) is 0 Å². The molecule has 2 rings (SSSR count). The zero-order valence-electron chi connectivity index (χ0n) is 8.31. The van der Waals surface area contributed by atoms with Gasteiger partial charge in [-0.25, -0.2) is 8.42 Å². The molecule has 0 saturated carbocycles. The van der Waals surface area contributed by atoms with Gasteiger partial charge in [-0.2, -0.15) is 0 Å². The molecule has 2 N–H and O–H groups in total. The van der Waals surface area contributed by atoms with Gasteiger partial charge in [-0.1, -0.05) is 18.2 Å². The van der Waals surface area contributed by atoms with E-state index in [2.05, 4.69) is 10.6 Å². The van der Waals surface area contributed by atoms with Crippen LogP contribution in [-0.4, -0.2) is 33.4 Å². The number of sulfone groups is 1. The van der Waals surface area contributed by atoms with E-state index in [1.165, 1.54) is 0 Å². The van der Waals surface area contributed by atoms with E-state index in [0.717, 1.165) is 6.54 Å². The maximum absolute atomic E-state index is 12.1. The first-order valence-electron chi connectivity index (χ1n) is 4.94. The molecule has 1 heterocycles. The Bertz CT molecular complexity index is 410. The predicted molar refractivity (Wildman–Crippen MR) is 58.3 cm³/mol. The summed E-state index contributed by atoms with van der Waals surface area (Å²) in [5.41, 5.74) is 0. The van der Waals surface area contributed by atoms with Gasteiger partial charge in [-0.05, 0) is 12.1 Å². The lowest BCUT2D eigenvalue weighted by molar-refractivity contribution is 0.475. The van der Waals surface area contributed by atoms with E-state index in [1.807, 2.05) is 6.07 Å². The molecule has 1 unspecified atom stereocenters. The van der Waals surface area contributed by atoms with Crippen LogP contribution in [0.25, 0.3) is 0 Å². The van der Waals surface area contributed by atoms with Crippen molar-refractivity contribution < 1.29 is 8.42 Å². The van der Waals surface area contributed by atoms with Crippen LogP contribution in [0.1, 0.15) is 0 Å². The third kappa shape index (κ3) is 2.19. The number of hydrogen-bond donors (Lipinski definition) is 2. The highest BCUT2D eigenvalue weighted by molar-refractivity contribution is 7.92. The zero-order valence-corrected chi connectivity index (χ0v) is 9.13. The Hall–Kier alpha value is -0.910. The fourth-order valence-electron chi connectivity index (χ4n) is 1.62. The van der Waals surface area contributed by atoms with Crippen molar-refractivity contribution in [3.63, 3.8) is 0 Å². The van der Waals surface area contributed by atoms with E-state index in [0.29, 0.717) is 18.0 Å². The number of benzene rings is 1. The summed E-state index contributed by atoms with van der Waals surface area (Å²) in [6.45, 7) is 1.98. The first-order valence-corrected chi connectivity index (χ1v) is 6.49. The summed E-state index contributed by atoms with van der Waals surface area (Å²) in [6, 6.07) is 8.55. The van der Waals surface area contributed by atoms with Gasteiger partial charge in [0.1, 0.15) is 5.37 Å². The van der Waals surface area contributed by atoms with Crippen molar-refractivity contribution in [2.45, 2.75) is 10.3 Å². The number of hydrogen-bond acceptors (Lipinski definition) is 4. The third-order valence-corrected chi connectivity index (χ3v) is 4.46. The van der Waals surface area contributed by atoms with E-state index in [-0.39, 0.29) is 0 Å². The van der Waals surface area contributed by atoms with Crippen LogP contribution in [0, 0.1) is 0 Å². The first kappa shape index (κ1) is 10.6. The quantitative estimate of drug-likeness (QED) is 0.744. The van der Waals surface area contributed by atoms with Crippen LogP contribution < -0.4 is 10.6 Å². The van der Waals surface area contributed by atoms with Gasteiger partial charge in [0, 0.05) is 19.6 Å². The predicted octanol–water partition coefficient (Wildman–Crippen LogP) is -0.0208. The molecule has 1 saturated heterocycles. The van der Waals surface area contributed by atoms with Crippen molar-refractivity contribution in [1.82, 2.24) is 10.6 Å². The van der Waals surface area contributed by atoms with Crippen LogP contribution in [0.4, 0.5) is 0 Å². The Morgan fingerprint density at radius 2 is 1.87 bits per heavy atom. The molecule has 0 aliphatic carbocycles. The Balaban J connectivity index is 2.26. The topological polar surface area (TPSA) is 58.2 Å². The van der Waals surface area contributed by atoms with Crippen molar-refractivity contribution >= 4 is 9.84 Å². The number of piperazine rings is 1. The minimum Gasteiger partial charge on any atom is -0.313 e. The standard InChI is InChI=1S/C10H14N2O2S/c13-15(14,9-4-2-1-3-5-9)10-8-11-6-7-12-10/h1-5,10-12H,6-8H2. The van der Waals surface area contributed by atoms with Crippen molar-refractivity contribution in [3.05, 3.63) is 30.3 Å². The molecule has 0 radical (unpaired) electrons. The molecule has 0 aromatic heterocycles. The lowest BCUT2D eigenvalue weighted by Gasteiger charge is -2.24. The van der Waals surface area contributed by atoms with Crippen LogP contribution >= 0.6 is 0 Å². The summed E-state index contributed by atoms with van der Waals surface area (Å²) in [6.07, 6.45) is 0. The molecular weight excluding hydrogens is 212 g/mol. The molecule has 1 aromatic carbocycles. The lowest BCUT2D eigenvalue weighted by Crippen LogP contribution is -2.52. The molecule has 1 fully saturated rings. The fraction of sp³-hybridized carbons (Fsp3) is 0.400. The number of rotatable bonds is 2. The molecule has 0 bridgehead atoms. The summed E-state index contributed by atoms with van der Waals surface area (Å²) >= 11 is 0. The zero-order chi connectivity index (χ0) is 10.7. The molecule has 82 valence electrons. The van der Waals surface area contributed by atoms with Crippen molar-refractivity contribution in [2.24, 2.45) is 0 Å². The van der Waals surface area contributed by atoms with Crippen LogP contribution in [0.15, 0.2) is 35.2 Å². The average Bonchev–Trinajstić information content (AvgIpc) is 2.31.